The lowest BCUT2D eigenvalue weighted by molar-refractivity contribution is 1.17. The zero-order valence-electron chi connectivity index (χ0n) is 28.5. The molecule has 244 valence electrons. The topological polar surface area (TPSA) is 8.17 Å². The number of anilines is 3. The number of aromatic nitrogens is 1. The molecule has 10 rings (SSSR count). The van der Waals surface area contributed by atoms with Gasteiger partial charge in [-0.1, -0.05) is 164 Å². The van der Waals surface area contributed by atoms with Crippen LogP contribution in [0.15, 0.2) is 206 Å². The summed E-state index contributed by atoms with van der Waals surface area (Å²) < 4.78 is 2.40. The highest BCUT2D eigenvalue weighted by atomic mass is 15.1. The van der Waals surface area contributed by atoms with E-state index in [-0.39, 0.29) is 0 Å². The second-order valence-electron chi connectivity index (χ2n) is 13.3. The molecule has 0 radical (unpaired) electrons. The van der Waals surface area contributed by atoms with Crippen molar-refractivity contribution in [3.8, 4) is 27.9 Å². The average molecular weight is 663 g/mol. The predicted molar refractivity (Wildman–Crippen MR) is 221 cm³/mol. The van der Waals surface area contributed by atoms with Crippen LogP contribution >= 0.6 is 0 Å². The first kappa shape index (κ1) is 30.0. The van der Waals surface area contributed by atoms with E-state index < -0.39 is 0 Å². The minimum atomic E-state index is 1.09. The fraction of sp³-hybridized carbons (Fsp3) is 0. The van der Waals surface area contributed by atoms with Gasteiger partial charge >= 0.3 is 0 Å². The van der Waals surface area contributed by atoms with Crippen LogP contribution in [0, 0.1) is 0 Å². The Labute approximate surface area is 303 Å². The molecule has 0 atom stereocenters. The van der Waals surface area contributed by atoms with Crippen molar-refractivity contribution in [2.75, 3.05) is 4.90 Å². The van der Waals surface area contributed by atoms with Gasteiger partial charge in [0, 0.05) is 38.8 Å². The van der Waals surface area contributed by atoms with Gasteiger partial charge in [-0.05, 0) is 75.3 Å². The summed E-state index contributed by atoms with van der Waals surface area (Å²) in [7, 11) is 0. The zero-order chi connectivity index (χ0) is 34.4. The molecule has 0 amide bonds. The first-order valence-electron chi connectivity index (χ1n) is 17.9. The van der Waals surface area contributed by atoms with Crippen molar-refractivity contribution in [2.24, 2.45) is 0 Å². The summed E-state index contributed by atoms with van der Waals surface area (Å²) in [6, 6.07) is 74.7. The molecule has 0 saturated heterocycles. The lowest BCUT2D eigenvalue weighted by Crippen LogP contribution is -2.13. The van der Waals surface area contributed by atoms with Crippen molar-refractivity contribution in [3.63, 3.8) is 0 Å². The molecule has 0 spiro atoms. The summed E-state index contributed by atoms with van der Waals surface area (Å²) in [5.41, 5.74) is 11.7. The molecule has 9 aromatic carbocycles. The Morgan fingerprint density at radius 3 is 1.42 bits per heavy atom. The van der Waals surface area contributed by atoms with E-state index in [0.717, 1.165) is 22.7 Å². The summed E-state index contributed by atoms with van der Waals surface area (Å²) in [6.07, 6.45) is 0. The number of para-hydroxylation sites is 3. The molecule has 0 N–H and O–H groups in total. The van der Waals surface area contributed by atoms with Gasteiger partial charge in [0.1, 0.15) is 0 Å². The molecular formula is C50H34N2. The second-order valence-corrected chi connectivity index (χ2v) is 13.3. The molecule has 0 saturated carbocycles. The van der Waals surface area contributed by atoms with E-state index in [0.29, 0.717) is 0 Å². The van der Waals surface area contributed by atoms with Crippen LogP contribution in [0.5, 0.6) is 0 Å². The van der Waals surface area contributed by atoms with Crippen molar-refractivity contribution in [3.05, 3.63) is 206 Å². The maximum absolute atomic E-state index is 2.46. The van der Waals surface area contributed by atoms with Gasteiger partial charge in [-0.3, -0.25) is 0 Å². The highest BCUT2D eigenvalue weighted by molar-refractivity contribution is 6.22. The number of rotatable bonds is 6. The third-order valence-corrected chi connectivity index (χ3v) is 10.4. The molecule has 0 unspecified atom stereocenters. The van der Waals surface area contributed by atoms with Crippen LogP contribution in [0.4, 0.5) is 17.1 Å². The van der Waals surface area contributed by atoms with Crippen LogP contribution in [0.25, 0.3) is 71.3 Å². The van der Waals surface area contributed by atoms with E-state index in [2.05, 4.69) is 216 Å². The molecule has 1 aromatic heterocycles. The maximum Gasteiger partial charge on any atom is 0.0624 e. The maximum atomic E-state index is 2.46. The van der Waals surface area contributed by atoms with E-state index in [1.54, 1.807) is 0 Å². The first-order chi connectivity index (χ1) is 25.8. The third-order valence-electron chi connectivity index (χ3n) is 10.4. The SMILES string of the molecule is c1ccc(-c2ccc(-c3c(N(c4ccccc4)c4cccc(-n5c6ccccc6c6ccccc65)c4)c4ccccc4c4ccccc34)cc2)cc1. The number of hydrogen-bond acceptors (Lipinski definition) is 1. The van der Waals surface area contributed by atoms with Crippen molar-refractivity contribution in [1.82, 2.24) is 4.57 Å². The monoisotopic (exact) mass is 662 g/mol. The Kier molecular flexibility index (Phi) is 7.18. The van der Waals surface area contributed by atoms with E-state index in [1.165, 1.54) is 65.6 Å². The Bertz CT molecular complexity index is 2830. The quantitative estimate of drug-likeness (QED) is 0.161. The van der Waals surface area contributed by atoms with Crippen molar-refractivity contribution >= 4 is 60.4 Å². The van der Waals surface area contributed by atoms with Crippen LogP contribution in [-0.4, -0.2) is 4.57 Å². The summed E-state index contributed by atoms with van der Waals surface area (Å²) in [4.78, 5) is 2.46. The normalized spacial score (nSPS) is 11.5. The van der Waals surface area contributed by atoms with E-state index >= 15 is 0 Å². The molecule has 1 heterocycles. The van der Waals surface area contributed by atoms with Crippen LogP contribution < -0.4 is 4.90 Å². The Balaban J connectivity index is 1.27. The van der Waals surface area contributed by atoms with E-state index in [4.69, 9.17) is 0 Å². The standard InChI is InChI=1S/C50H34N2/c1-3-16-35(17-4-1)36-30-32-37(33-31-36)49-45-26-9-7-22-41(45)42-23-8-10-27-46(42)50(49)51(38-18-5-2-6-19-38)39-20-15-21-40(34-39)52-47-28-13-11-24-43(47)44-25-12-14-29-48(44)52/h1-34H. The summed E-state index contributed by atoms with van der Waals surface area (Å²) in [6.45, 7) is 0. The molecule has 0 aliphatic rings. The molecule has 0 aliphatic carbocycles. The Morgan fingerprint density at radius 2 is 0.769 bits per heavy atom. The highest BCUT2D eigenvalue weighted by Gasteiger charge is 2.24. The third kappa shape index (κ3) is 4.88. The summed E-state index contributed by atoms with van der Waals surface area (Å²) >= 11 is 0. The number of fused-ring (bicyclic) bond motifs is 6. The fourth-order valence-corrected chi connectivity index (χ4v) is 8.06. The van der Waals surface area contributed by atoms with Crippen molar-refractivity contribution < 1.29 is 0 Å². The summed E-state index contributed by atoms with van der Waals surface area (Å²) in [5, 5.41) is 7.42. The Hall–Kier alpha value is -6.90. The lowest BCUT2D eigenvalue weighted by Gasteiger charge is -2.31. The first-order valence-corrected chi connectivity index (χ1v) is 17.9. The largest absolute Gasteiger partial charge is 0.309 e. The van der Waals surface area contributed by atoms with Gasteiger partial charge in [-0.15, -0.1) is 0 Å². The molecule has 0 bridgehead atoms. The van der Waals surface area contributed by atoms with Gasteiger partial charge in [-0.2, -0.15) is 0 Å². The second kappa shape index (κ2) is 12.5. The number of nitrogens with zero attached hydrogens (tertiary/aromatic N) is 2. The van der Waals surface area contributed by atoms with Crippen LogP contribution in [0.2, 0.25) is 0 Å². The number of benzene rings is 9. The molecule has 2 heteroatoms. The molecule has 10 aromatic rings. The molecular weight excluding hydrogens is 629 g/mol. The predicted octanol–water partition coefficient (Wildman–Crippen LogP) is 13.9. The molecule has 2 nitrogen and oxygen atoms in total. The number of hydrogen-bond donors (Lipinski definition) is 0. The zero-order valence-corrected chi connectivity index (χ0v) is 28.5. The van der Waals surface area contributed by atoms with Gasteiger partial charge in [0.25, 0.3) is 0 Å². The Morgan fingerprint density at radius 1 is 0.308 bits per heavy atom. The average Bonchev–Trinajstić information content (AvgIpc) is 3.56. The molecule has 0 fully saturated rings. The molecule has 0 aliphatic heterocycles. The van der Waals surface area contributed by atoms with Gasteiger partial charge in [0.2, 0.25) is 0 Å². The minimum absolute atomic E-state index is 1.09. The highest BCUT2D eigenvalue weighted by Crippen LogP contribution is 2.49. The fourth-order valence-electron chi connectivity index (χ4n) is 8.06. The summed E-state index contributed by atoms with van der Waals surface area (Å²) in [5.74, 6) is 0. The van der Waals surface area contributed by atoms with E-state index in [9.17, 15) is 0 Å². The van der Waals surface area contributed by atoms with Gasteiger partial charge in [0.15, 0.2) is 0 Å². The molecule has 52 heavy (non-hydrogen) atoms. The van der Waals surface area contributed by atoms with Gasteiger partial charge in [-0.25, -0.2) is 0 Å². The van der Waals surface area contributed by atoms with Crippen LogP contribution in [0.3, 0.4) is 0 Å². The van der Waals surface area contributed by atoms with Crippen molar-refractivity contribution in [1.29, 1.82) is 0 Å². The minimum Gasteiger partial charge on any atom is -0.309 e. The van der Waals surface area contributed by atoms with Crippen LogP contribution in [0.1, 0.15) is 0 Å². The lowest BCUT2D eigenvalue weighted by atomic mass is 9.89. The van der Waals surface area contributed by atoms with Gasteiger partial charge in [0.05, 0.1) is 16.7 Å². The van der Waals surface area contributed by atoms with Crippen molar-refractivity contribution in [2.45, 2.75) is 0 Å². The van der Waals surface area contributed by atoms with Crippen LogP contribution in [-0.2, 0) is 0 Å². The van der Waals surface area contributed by atoms with E-state index in [1.807, 2.05) is 0 Å². The smallest absolute Gasteiger partial charge is 0.0624 e. The van der Waals surface area contributed by atoms with Gasteiger partial charge < -0.3 is 9.47 Å².